The van der Waals surface area contributed by atoms with E-state index < -0.39 is 18.1 Å². The van der Waals surface area contributed by atoms with Crippen LogP contribution < -0.4 is 9.47 Å². The van der Waals surface area contributed by atoms with Crippen LogP contribution in [0.2, 0.25) is 0 Å². The Morgan fingerprint density at radius 2 is 2.03 bits per heavy atom. The second-order valence-corrected chi connectivity index (χ2v) is 8.64. The number of methoxy groups -OCH3 is 2. The molecule has 2 rings (SSSR count). The van der Waals surface area contributed by atoms with Crippen molar-refractivity contribution in [3.63, 3.8) is 0 Å². The highest BCUT2D eigenvalue weighted by atomic mass is 16.5. The molecule has 0 aromatic heterocycles. The van der Waals surface area contributed by atoms with Crippen LogP contribution in [0.1, 0.15) is 45.6 Å². The van der Waals surface area contributed by atoms with Crippen molar-refractivity contribution >= 4 is 5.91 Å². The molecule has 1 heterocycles. The number of ether oxygens (including phenoxy) is 3. The number of aliphatic hydroxyl groups is 2. The van der Waals surface area contributed by atoms with Crippen LogP contribution in [0.3, 0.4) is 0 Å². The van der Waals surface area contributed by atoms with Crippen molar-refractivity contribution in [2.45, 2.75) is 51.7 Å². The molecule has 0 bridgehead atoms. The maximum Gasteiger partial charge on any atom is 0.248 e. The van der Waals surface area contributed by atoms with Crippen molar-refractivity contribution in [1.82, 2.24) is 4.90 Å². The molecule has 1 amide bonds. The largest absolute Gasteiger partial charge is 0.493 e. The molecule has 29 heavy (non-hydrogen) atoms. The van der Waals surface area contributed by atoms with Gasteiger partial charge in [0.25, 0.3) is 0 Å². The van der Waals surface area contributed by atoms with Gasteiger partial charge in [-0.15, -0.1) is 0 Å². The Kier molecular flexibility index (Phi) is 7.54. The molecule has 1 aromatic rings. The van der Waals surface area contributed by atoms with Crippen LogP contribution in [0.5, 0.6) is 11.5 Å². The molecule has 1 saturated heterocycles. The topological polar surface area (TPSA) is 88.5 Å². The Morgan fingerprint density at radius 1 is 1.34 bits per heavy atom. The van der Waals surface area contributed by atoms with E-state index in [-0.39, 0.29) is 17.4 Å². The molecular weight excluding hydrogens is 374 g/mol. The zero-order valence-electron chi connectivity index (χ0n) is 18.4. The summed E-state index contributed by atoms with van der Waals surface area (Å²) in [5, 5.41) is 19.7. The van der Waals surface area contributed by atoms with Crippen molar-refractivity contribution in [3.8, 4) is 11.5 Å². The van der Waals surface area contributed by atoms with Gasteiger partial charge in [-0.3, -0.25) is 4.79 Å². The molecule has 1 fully saturated rings. The van der Waals surface area contributed by atoms with Gasteiger partial charge in [-0.25, -0.2) is 0 Å². The SMILES string of the molecule is COc1ccc(C2CN(C(=O)CO)CC2(C)C(C)O)cc1OCCC(C)(C)OC. The van der Waals surface area contributed by atoms with Gasteiger partial charge in [-0.05, 0) is 38.5 Å². The summed E-state index contributed by atoms with van der Waals surface area (Å²) < 4.78 is 16.9. The molecule has 3 atom stereocenters. The molecule has 0 radical (unpaired) electrons. The number of carbonyl (C=O) groups excluding carboxylic acids is 1. The summed E-state index contributed by atoms with van der Waals surface area (Å²) >= 11 is 0. The number of aliphatic hydroxyl groups excluding tert-OH is 2. The lowest BCUT2D eigenvalue weighted by Gasteiger charge is -2.34. The van der Waals surface area contributed by atoms with Crippen molar-refractivity contribution in [3.05, 3.63) is 23.8 Å². The average Bonchev–Trinajstić information content (AvgIpc) is 3.06. The summed E-state index contributed by atoms with van der Waals surface area (Å²) in [4.78, 5) is 13.7. The molecule has 7 heteroatoms. The molecule has 0 aliphatic carbocycles. The molecule has 0 saturated carbocycles. The van der Waals surface area contributed by atoms with Gasteiger partial charge in [0, 0.05) is 38.0 Å². The second-order valence-electron chi connectivity index (χ2n) is 8.64. The van der Waals surface area contributed by atoms with Gasteiger partial charge in [0.05, 0.1) is 25.4 Å². The van der Waals surface area contributed by atoms with Gasteiger partial charge in [-0.2, -0.15) is 0 Å². The van der Waals surface area contributed by atoms with Crippen molar-refractivity contribution in [1.29, 1.82) is 0 Å². The van der Waals surface area contributed by atoms with Gasteiger partial charge >= 0.3 is 0 Å². The summed E-state index contributed by atoms with van der Waals surface area (Å²) in [6, 6.07) is 5.73. The molecule has 3 unspecified atom stereocenters. The highest BCUT2D eigenvalue weighted by Gasteiger charge is 2.48. The number of hydrogen-bond acceptors (Lipinski definition) is 6. The van der Waals surface area contributed by atoms with Crippen molar-refractivity contribution < 1.29 is 29.2 Å². The number of benzene rings is 1. The summed E-state index contributed by atoms with van der Waals surface area (Å²) in [6.07, 6.45) is 0.0859. The molecule has 1 aliphatic rings. The molecule has 1 aromatic carbocycles. The van der Waals surface area contributed by atoms with Crippen LogP contribution in [0.15, 0.2) is 18.2 Å². The number of rotatable bonds is 9. The van der Waals surface area contributed by atoms with Gasteiger partial charge in [-0.1, -0.05) is 13.0 Å². The third-order valence-corrected chi connectivity index (χ3v) is 6.28. The molecule has 1 aliphatic heterocycles. The molecule has 0 spiro atoms. The fourth-order valence-electron chi connectivity index (χ4n) is 3.75. The van der Waals surface area contributed by atoms with Crippen LogP contribution >= 0.6 is 0 Å². The first-order chi connectivity index (χ1) is 13.6. The van der Waals surface area contributed by atoms with E-state index in [2.05, 4.69) is 0 Å². The van der Waals surface area contributed by atoms with Gasteiger partial charge < -0.3 is 29.3 Å². The Morgan fingerprint density at radius 3 is 2.59 bits per heavy atom. The van der Waals surface area contributed by atoms with E-state index in [0.717, 1.165) is 5.56 Å². The number of carbonyl (C=O) groups is 1. The van der Waals surface area contributed by atoms with Gasteiger partial charge in [0.1, 0.15) is 6.61 Å². The van der Waals surface area contributed by atoms with E-state index in [1.807, 2.05) is 39.0 Å². The fraction of sp³-hybridized carbons (Fsp3) is 0.682. The van der Waals surface area contributed by atoms with E-state index in [0.29, 0.717) is 37.6 Å². The highest BCUT2D eigenvalue weighted by Crippen LogP contribution is 2.46. The predicted molar refractivity (Wildman–Crippen MR) is 110 cm³/mol. The van der Waals surface area contributed by atoms with Crippen molar-refractivity contribution in [2.75, 3.05) is 40.5 Å². The van der Waals surface area contributed by atoms with E-state index in [1.54, 1.807) is 26.0 Å². The maximum atomic E-state index is 12.1. The van der Waals surface area contributed by atoms with Crippen LogP contribution in [-0.4, -0.2) is 73.2 Å². The van der Waals surface area contributed by atoms with E-state index in [9.17, 15) is 15.0 Å². The Labute approximate surface area is 173 Å². The van der Waals surface area contributed by atoms with Gasteiger partial charge in [0.15, 0.2) is 11.5 Å². The zero-order chi connectivity index (χ0) is 21.8. The Bertz CT molecular complexity index is 705. The average molecular weight is 410 g/mol. The Balaban J connectivity index is 2.29. The monoisotopic (exact) mass is 409 g/mol. The molecule has 2 N–H and O–H groups in total. The molecular formula is C22H35NO6. The number of nitrogens with zero attached hydrogens (tertiary/aromatic N) is 1. The Hall–Kier alpha value is -1.83. The smallest absolute Gasteiger partial charge is 0.248 e. The van der Waals surface area contributed by atoms with E-state index in [4.69, 9.17) is 14.2 Å². The minimum Gasteiger partial charge on any atom is -0.493 e. The first-order valence-corrected chi connectivity index (χ1v) is 10.0. The minimum absolute atomic E-state index is 0.0957. The third-order valence-electron chi connectivity index (χ3n) is 6.28. The third kappa shape index (κ3) is 5.21. The molecule has 164 valence electrons. The number of likely N-dealkylation sites (tertiary alicyclic amines) is 1. The van der Waals surface area contributed by atoms with Crippen LogP contribution in [0.4, 0.5) is 0 Å². The first kappa shape index (κ1) is 23.4. The summed E-state index contributed by atoms with van der Waals surface area (Å²) in [7, 11) is 3.27. The fourth-order valence-corrected chi connectivity index (χ4v) is 3.75. The van der Waals surface area contributed by atoms with E-state index in [1.165, 1.54) is 0 Å². The summed E-state index contributed by atoms with van der Waals surface area (Å²) in [5.41, 5.74) is 0.143. The normalized spacial score (nSPS) is 23.2. The second kappa shape index (κ2) is 9.32. The lowest BCUT2D eigenvalue weighted by atomic mass is 9.72. The quantitative estimate of drug-likeness (QED) is 0.650. The number of amides is 1. The number of hydrogen-bond donors (Lipinski definition) is 2. The lowest BCUT2D eigenvalue weighted by Crippen LogP contribution is -2.38. The summed E-state index contributed by atoms with van der Waals surface area (Å²) in [6.45, 7) is 8.48. The lowest BCUT2D eigenvalue weighted by molar-refractivity contribution is -0.133. The summed E-state index contributed by atoms with van der Waals surface area (Å²) in [5.74, 6) is 0.827. The predicted octanol–water partition coefficient (Wildman–Crippen LogP) is 2.19. The van der Waals surface area contributed by atoms with Crippen LogP contribution in [0, 0.1) is 5.41 Å². The molecule has 7 nitrogen and oxygen atoms in total. The van der Waals surface area contributed by atoms with E-state index >= 15 is 0 Å². The highest BCUT2D eigenvalue weighted by molar-refractivity contribution is 5.77. The van der Waals surface area contributed by atoms with Crippen molar-refractivity contribution in [2.24, 2.45) is 5.41 Å². The van der Waals surface area contributed by atoms with Gasteiger partial charge in [0.2, 0.25) is 5.91 Å². The zero-order valence-corrected chi connectivity index (χ0v) is 18.4. The minimum atomic E-state index is -0.627. The standard InChI is InChI=1S/C22H35NO6/c1-15(25)22(4)14-23(20(26)13-24)12-17(22)16-7-8-18(27-5)19(11-16)29-10-9-21(2,3)28-6/h7-8,11,15,17,24-25H,9-10,12-14H2,1-6H3. The van der Waals surface area contributed by atoms with Crippen LogP contribution in [0.25, 0.3) is 0 Å². The van der Waals surface area contributed by atoms with Crippen LogP contribution in [-0.2, 0) is 9.53 Å². The maximum absolute atomic E-state index is 12.1. The first-order valence-electron chi connectivity index (χ1n) is 10.0.